The number of hydrogen-bond donors (Lipinski definition) is 0. The fourth-order valence-corrected chi connectivity index (χ4v) is 2.45. The van der Waals surface area contributed by atoms with Gasteiger partial charge in [0.1, 0.15) is 23.9 Å². The van der Waals surface area contributed by atoms with Gasteiger partial charge in [-0.05, 0) is 37.3 Å². The van der Waals surface area contributed by atoms with Crippen LogP contribution in [-0.2, 0) is 12.8 Å². The second-order valence-electron chi connectivity index (χ2n) is 5.83. The molecule has 0 radical (unpaired) electrons. The van der Waals surface area contributed by atoms with Crippen LogP contribution >= 0.6 is 0 Å². The first-order chi connectivity index (χ1) is 13.4. The Kier molecular flexibility index (Phi) is 7.50. The second-order valence-corrected chi connectivity index (χ2v) is 5.83. The molecule has 0 N–H and O–H groups in total. The van der Waals surface area contributed by atoms with Crippen LogP contribution in [0.5, 0.6) is 17.2 Å². The zero-order valence-electron chi connectivity index (χ0n) is 16.1. The van der Waals surface area contributed by atoms with Crippen LogP contribution in [0.1, 0.15) is 30.5 Å². The van der Waals surface area contributed by atoms with Crippen molar-refractivity contribution in [3.8, 4) is 17.2 Å². The fourth-order valence-electron chi connectivity index (χ4n) is 2.45. The molecule has 3 aromatic rings. The zero-order chi connectivity index (χ0) is 20.6. The second kappa shape index (κ2) is 9.83. The predicted molar refractivity (Wildman–Crippen MR) is 105 cm³/mol. The molecule has 28 heavy (non-hydrogen) atoms. The van der Waals surface area contributed by atoms with Gasteiger partial charge in [0.25, 0.3) is 0 Å². The summed E-state index contributed by atoms with van der Waals surface area (Å²) in [6.07, 6.45) is -4.41. The minimum Gasteiger partial charge on any atom is -0.489 e. The molecule has 0 saturated heterocycles. The third-order valence-corrected chi connectivity index (χ3v) is 3.78. The number of rotatable bonds is 5. The molecule has 0 bridgehead atoms. The van der Waals surface area contributed by atoms with Crippen molar-refractivity contribution < 1.29 is 22.6 Å². The summed E-state index contributed by atoms with van der Waals surface area (Å²) in [5.74, 6) is 1.66. The Morgan fingerprint density at radius 1 is 0.750 bits per heavy atom. The average Bonchev–Trinajstić information content (AvgIpc) is 2.70. The highest BCUT2D eigenvalue weighted by molar-refractivity contribution is 5.38. The molecule has 3 aromatic carbocycles. The van der Waals surface area contributed by atoms with Crippen molar-refractivity contribution in [3.63, 3.8) is 0 Å². The first-order valence-corrected chi connectivity index (χ1v) is 9.04. The first-order valence-electron chi connectivity index (χ1n) is 9.04. The molecule has 0 spiro atoms. The van der Waals surface area contributed by atoms with Crippen LogP contribution in [0, 0.1) is 6.92 Å². The standard InChI is InChI=1S/C21H17F3O2.C2H6/c1-15-9-11-17(12-10-15)26-19-7-4-6-18(13-19)25-14-16-5-2-3-8-20(16)21(22,23)24;1-2/h2-13H,14H2,1H3;1-2H3. The molecule has 0 aromatic heterocycles. The van der Waals surface area contributed by atoms with Crippen LogP contribution in [0.25, 0.3) is 0 Å². The van der Waals surface area contributed by atoms with Gasteiger partial charge in [-0.3, -0.25) is 0 Å². The van der Waals surface area contributed by atoms with Gasteiger partial charge in [-0.25, -0.2) is 0 Å². The van der Waals surface area contributed by atoms with Gasteiger partial charge in [-0.15, -0.1) is 0 Å². The van der Waals surface area contributed by atoms with Gasteiger partial charge >= 0.3 is 6.18 Å². The minimum atomic E-state index is -4.41. The Labute approximate surface area is 163 Å². The van der Waals surface area contributed by atoms with E-state index in [1.807, 2.05) is 45.0 Å². The monoisotopic (exact) mass is 388 g/mol. The smallest absolute Gasteiger partial charge is 0.416 e. The number of aryl methyl sites for hydroxylation is 1. The minimum absolute atomic E-state index is 0.0878. The molecule has 0 aliphatic heterocycles. The summed E-state index contributed by atoms with van der Waals surface area (Å²) in [5, 5.41) is 0. The molecule has 0 fully saturated rings. The summed E-state index contributed by atoms with van der Waals surface area (Å²) in [7, 11) is 0. The van der Waals surface area contributed by atoms with E-state index in [1.165, 1.54) is 12.1 Å². The van der Waals surface area contributed by atoms with E-state index in [0.29, 0.717) is 17.2 Å². The molecular formula is C23H23F3O2. The lowest BCUT2D eigenvalue weighted by Gasteiger charge is -2.14. The maximum Gasteiger partial charge on any atom is 0.416 e. The van der Waals surface area contributed by atoms with Crippen molar-refractivity contribution in [3.05, 3.63) is 89.5 Å². The molecule has 148 valence electrons. The number of ether oxygens (including phenoxy) is 2. The highest BCUT2D eigenvalue weighted by Crippen LogP contribution is 2.32. The van der Waals surface area contributed by atoms with Crippen molar-refractivity contribution in [2.24, 2.45) is 0 Å². The lowest BCUT2D eigenvalue weighted by Crippen LogP contribution is -2.10. The van der Waals surface area contributed by atoms with Crippen molar-refractivity contribution in [1.29, 1.82) is 0 Å². The van der Waals surface area contributed by atoms with Crippen molar-refractivity contribution in [1.82, 2.24) is 0 Å². The van der Waals surface area contributed by atoms with Crippen LogP contribution < -0.4 is 9.47 Å². The molecule has 0 heterocycles. The SMILES string of the molecule is CC.Cc1ccc(Oc2cccc(OCc3ccccc3C(F)(F)F)c2)cc1. The summed E-state index contributed by atoms with van der Waals surface area (Å²) in [6.45, 7) is 5.81. The summed E-state index contributed by atoms with van der Waals surface area (Å²) in [4.78, 5) is 0. The van der Waals surface area contributed by atoms with Gasteiger partial charge in [0.2, 0.25) is 0 Å². The topological polar surface area (TPSA) is 18.5 Å². The molecule has 0 aliphatic rings. The summed E-state index contributed by atoms with van der Waals surface area (Å²) < 4.78 is 50.4. The molecule has 3 rings (SSSR count). The summed E-state index contributed by atoms with van der Waals surface area (Å²) in [6, 6.07) is 19.8. The van der Waals surface area contributed by atoms with Gasteiger partial charge in [0.15, 0.2) is 0 Å². The van der Waals surface area contributed by atoms with Crippen LogP contribution in [0.3, 0.4) is 0 Å². The van der Waals surface area contributed by atoms with E-state index in [0.717, 1.165) is 11.6 Å². The third-order valence-electron chi connectivity index (χ3n) is 3.78. The van der Waals surface area contributed by atoms with E-state index in [1.54, 1.807) is 30.3 Å². The van der Waals surface area contributed by atoms with Gasteiger partial charge in [0.05, 0.1) is 5.56 Å². The molecule has 0 atom stereocenters. The highest BCUT2D eigenvalue weighted by Gasteiger charge is 2.32. The van der Waals surface area contributed by atoms with E-state index in [-0.39, 0.29) is 12.2 Å². The van der Waals surface area contributed by atoms with Gasteiger partial charge in [-0.2, -0.15) is 13.2 Å². The Morgan fingerprint density at radius 2 is 1.39 bits per heavy atom. The van der Waals surface area contributed by atoms with Crippen LogP contribution in [0.4, 0.5) is 13.2 Å². The van der Waals surface area contributed by atoms with Crippen LogP contribution in [-0.4, -0.2) is 0 Å². The third kappa shape index (κ3) is 6.05. The van der Waals surface area contributed by atoms with Crippen LogP contribution in [0.2, 0.25) is 0 Å². The van der Waals surface area contributed by atoms with E-state index in [9.17, 15) is 13.2 Å². The normalized spacial score (nSPS) is 10.6. The lowest BCUT2D eigenvalue weighted by molar-refractivity contribution is -0.138. The van der Waals surface area contributed by atoms with E-state index in [4.69, 9.17) is 9.47 Å². The Morgan fingerprint density at radius 3 is 2.07 bits per heavy atom. The molecular weight excluding hydrogens is 365 g/mol. The van der Waals surface area contributed by atoms with Crippen molar-refractivity contribution in [2.45, 2.75) is 33.6 Å². The van der Waals surface area contributed by atoms with E-state index in [2.05, 4.69) is 0 Å². The quantitative estimate of drug-likeness (QED) is 0.453. The Hall–Kier alpha value is -2.95. The average molecular weight is 388 g/mol. The Bertz CT molecular complexity index is 872. The first kappa shape index (κ1) is 21.4. The fraction of sp³-hybridized carbons (Fsp3) is 0.217. The number of hydrogen-bond acceptors (Lipinski definition) is 2. The van der Waals surface area contributed by atoms with E-state index < -0.39 is 11.7 Å². The van der Waals surface area contributed by atoms with Gasteiger partial charge in [-0.1, -0.05) is 55.8 Å². The van der Waals surface area contributed by atoms with Crippen molar-refractivity contribution >= 4 is 0 Å². The zero-order valence-corrected chi connectivity index (χ0v) is 16.1. The maximum absolute atomic E-state index is 13.0. The van der Waals surface area contributed by atoms with Gasteiger partial charge < -0.3 is 9.47 Å². The molecule has 0 aliphatic carbocycles. The molecule has 0 unspecified atom stereocenters. The van der Waals surface area contributed by atoms with E-state index >= 15 is 0 Å². The number of halogens is 3. The maximum atomic E-state index is 13.0. The number of benzene rings is 3. The molecule has 0 saturated carbocycles. The predicted octanol–water partition coefficient (Wildman–Crippen LogP) is 7.41. The highest BCUT2D eigenvalue weighted by atomic mass is 19.4. The molecule has 5 heteroatoms. The lowest BCUT2D eigenvalue weighted by atomic mass is 10.1. The summed E-state index contributed by atoms with van der Waals surface area (Å²) in [5.41, 5.74) is 0.523. The molecule has 2 nitrogen and oxygen atoms in total. The number of alkyl halides is 3. The Balaban J connectivity index is 0.00000136. The van der Waals surface area contributed by atoms with Crippen molar-refractivity contribution in [2.75, 3.05) is 0 Å². The van der Waals surface area contributed by atoms with Gasteiger partial charge in [0, 0.05) is 11.6 Å². The van der Waals surface area contributed by atoms with Crippen LogP contribution in [0.15, 0.2) is 72.8 Å². The molecule has 0 amide bonds. The summed E-state index contributed by atoms with van der Waals surface area (Å²) >= 11 is 0. The largest absolute Gasteiger partial charge is 0.489 e.